The van der Waals surface area contributed by atoms with Crippen molar-refractivity contribution in [1.82, 2.24) is 4.90 Å². The summed E-state index contributed by atoms with van der Waals surface area (Å²) in [5.41, 5.74) is 6.06. The molecule has 4 heteroatoms. The number of hydrogen-bond donors (Lipinski definition) is 2. The highest BCUT2D eigenvalue weighted by molar-refractivity contribution is 4.82. The number of hydrogen-bond acceptors (Lipinski definition) is 4. The summed E-state index contributed by atoms with van der Waals surface area (Å²) in [4.78, 5) is 2.08. The van der Waals surface area contributed by atoms with Gasteiger partial charge in [-0.05, 0) is 26.8 Å². The minimum absolute atomic E-state index is 0.00551. The molecule has 0 bridgehead atoms. The summed E-state index contributed by atoms with van der Waals surface area (Å²) in [7, 11) is 1.98. The third kappa shape index (κ3) is 5.80. The SMILES string of the molecule is CC(C)OCCN(C)C(CO)C(N)C(C)C. The molecule has 0 fully saturated rings. The van der Waals surface area contributed by atoms with Crippen LogP contribution in [0.4, 0.5) is 0 Å². The molecule has 0 aliphatic rings. The lowest BCUT2D eigenvalue weighted by molar-refractivity contribution is 0.0398. The summed E-state index contributed by atoms with van der Waals surface area (Å²) in [6, 6.07) is 0.00446. The number of aliphatic hydroxyl groups is 1. The fraction of sp³-hybridized carbons (Fsp3) is 1.00. The maximum absolute atomic E-state index is 9.36. The van der Waals surface area contributed by atoms with Crippen molar-refractivity contribution in [3.8, 4) is 0 Å². The molecule has 0 aromatic heterocycles. The fourth-order valence-electron chi connectivity index (χ4n) is 1.60. The Kier molecular flexibility index (Phi) is 7.93. The van der Waals surface area contributed by atoms with Gasteiger partial charge >= 0.3 is 0 Å². The normalized spacial score (nSPS) is 16.1. The molecule has 0 aromatic rings. The largest absolute Gasteiger partial charge is 0.395 e. The highest BCUT2D eigenvalue weighted by atomic mass is 16.5. The summed E-state index contributed by atoms with van der Waals surface area (Å²) >= 11 is 0. The lowest BCUT2D eigenvalue weighted by Gasteiger charge is -2.33. The Morgan fingerprint density at radius 3 is 2.19 bits per heavy atom. The molecule has 0 radical (unpaired) electrons. The van der Waals surface area contributed by atoms with Crippen LogP contribution in [0.15, 0.2) is 0 Å². The molecule has 2 atom stereocenters. The molecule has 0 saturated heterocycles. The zero-order chi connectivity index (χ0) is 12.7. The highest BCUT2D eigenvalue weighted by Gasteiger charge is 2.23. The van der Waals surface area contributed by atoms with E-state index in [-0.39, 0.29) is 24.8 Å². The maximum Gasteiger partial charge on any atom is 0.0601 e. The molecular weight excluding hydrogens is 204 g/mol. The first-order chi connectivity index (χ1) is 7.40. The molecule has 0 saturated carbocycles. The number of rotatable bonds is 8. The van der Waals surface area contributed by atoms with Gasteiger partial charge < -0.3 is 15.6 Å². The Morgan fingerprint density at radius 2 is 1.81 bits per heavy atom. The third-order valence-corrected chi connectivity index (χ3v) is 2.86. The molecule has 4 nitrogen and oxygen atoms in total. The van der Waals surface area contributed by atoms with E-state index >= 15 is 0 Å². The monoisotopic (exact) mass is 232 g/mol. The molecule has 3 N–H and O–H groups in total. The van der Waals surface area contributed by atoms with E-state index in [9.17, 15) is 5.11 Å². The van der Waals surface area contributed by atoms with Crippen LogP contribution in [0.25, 0.3) is 0 Å². The molecule has 0 heterocycles. The third-order valence-electron chi connectivity index (χ3n) is 2.86. The quantitative estimate of drug-likeness (QED) is 0.646. The number of aliphatic hydroxyl groups excluding tert-OH is 1. The van der Waals surface area contributed by atoms with Crippen LogP contribution >= 0.6 is 0 Å². The molecule has 98 valence electrons. The van der Waals surface area contributed by atoms with Crippen LogP contribution in [-0.2, 0) is 4.74 Å². The van der Waals surface area contributed by atoms with Crippen molar-refractivity contribution in [2.24, 2.45) is 11.7 Å². The van der Waals surface area contributed by atoms with E-state index in [1.165, 1.54) is 0 Å². The van der Waals surface area contributed by atoms with Gasteiger partial charge in [-0.25, -0.2) is 0 Å². The van der Waals surface area contributed by atoms with E-state index in [1.54, 1.807) is 0 Å². The smallest absolute Gasteiger partial charge is 0.0601 e. The van der Waals surface area contributed by atoms with E-state index in [4.69, 9.17) is 10.5 Å². The average molecular weight is 232 g/mol. The van der Waals surface area contributed by atoms with Gasteiger partial charge in [0, 0.05) is 18.6 Å². The van der Waals surface area contributed by atoms with Crippen molar-refractivity contribution < 1.29 is 9.84 Å². The zero-order valence-corrected chi connectivity index (χ0v) is 11.3. The van der Waals surface area contributed by atoms with Crippen molar-refractivity contribution in [1.29, 1.82) is 0 Å². The first-order valence-corrected chi connectivity index (χ1v) is 6.08. The Balaban J connectivity index is 4.05. The molecule has 2 unspecified atom stereocenters. The molecule has 0 aromatic carbocycles. The number of nitrogens with two attached hydrogens (primary N) is 1. The molecule has 16 heavy (non-hydrogen) atoms. The zero-order valence-electron chi connectivity index (χ0n) is 11.3. The van der Waals surface area contributed by atoms with E-state index in [1.807, 2.05) is 20.9 Å². The molecule has 0 amide bonds. The van der Waals surface area contributed by atoms with Gasteiger partial charge in [-0.15, -0.1) is 0 Å². The summed E-state index contributed by atoms with van der Waals surface area (Å²) in [5.74, 6) is 0.366. The van der Waals surface area contributed by atoms with Crippen molar-refractivity contribution >= 4 is 0 Å². The number of likely N-dealkylation sites (N-methyl/N-ethyl adjacent to an activating group) is 1. The average Bonchev–Trinajstić information content (AvgIpc) is 2.17. The van der Waals surface area contributed by atoms with Crippen LogP contribution in [0, 0.1) is 5.92 Å². The highest BCUT2D eigenvalue weighted by Crippen LogP contribution is 2.09. The van der Waals surface area contributed by atoms with Crippen LogP contribution in [0.3, 0.4) is 0 Å². The predicted molar refractivity (Wildman–Crippen MR) is 67.4 cm³/mol. The van der Waals surface area contributed by atoms with Crippen LogP contribution < -0.4 is 5.73 Å². The Bertz CT molecular complexity index is 174. The fourth-order valence-corrected chi connectivity index (χ4v) is 1.60. The van der Waals surface area contributed by atoms with Gasteiger partial charge in [-0.1, -0.05) is 13.8 Å². The maximum atomic E-state index is 9.36. The second-order valence-corrected chi connectivity index (χ2v) is 4.97. The van der Waals surface area contributed by atoms with E-state index in [0.717, 1.165) is 6.54 Å². The molecular formula is C12H28N2O2. The molecule has 0 spiro atoms. The van der Waals surface area contributed by atoms with Crippen molar-refractivity contribution in [3.63, 3.8) is 0 Å². The molecule has 0 rings (SSSR count). The Labute approximate surface area is 99.8 Å². The van der Waals surface area contributed by atoms with Gasteiger partial charge in [0.05, 0.1) is 19.3 Å². The first-order valence-electron chi connectivity index (χ1n) is 6.08. The van der Waals surface area contributed by atoms with E-state index < -0.39 is 0 Å². The standard InChI is InChI=1S/C12H28N2O2/c1-9(2)12(13)11(8-15)14(5)6-7-16-10(3)4/h9-12,15H,6-8,13H2,1-5H3. The summed E-state index contributed by atoms with van der Waals surface area (Å²) in [5, 5.41) is 9.36. The topological polar surface area (TPSA) is 58.7 Å². The van der Waals surface area contributed by atoms with Gasteiger partial charge in [0.1, 0.15) is 0 Å². The second-order valence-electron chi connectivity index (χ2n) is 4.97. The van der Waals surface area contributed by atoms with Crippen molar-refractivity contribution in [3.05, 3.63) is 0 Å². The minimum atomic E-state index is -0.00551. The number of ether oxygens (including phenoxy) is 1. The van der Waals surface area contributed by atoms with Crippen LogP contribution in [-0.4, -0.2) is 55.0 Å². The molecule has 0 aliphatic heterocycles. The lowest BCUT2D eigenvalue weighted by atomic mass is 9.97. The number of nitrogens with zero attached hydrogens (tertiary/aromatic N) is 1. The summed E-state index contributed by atoms with van der Waals surface area (Å²) in [6.45, 7) is 9.75. The van der Waals surface area contributed by atoms with Crippen LogP contribution in [0.1, 0.15) is 27.7 Å². The Morgan fingerprint density at radius 1 is 1.25 bits per heavy atom. The van der Waals surface area contributed by atoms with Crippen LogP contribution in [0.2, 0.25) is 0 Å². The Hall–Kier alpha value is -0.160. The second kappa shape index (κ2) is 8.01. The van der Waals surface area contributed by atoms with Crippen LogP contribution in [0.5, 0.6) is 0 Å². The summed E-state index contributed by atoms with van der Waals surface area (Å²) in [6.07, 6.45) is 0.250. The van der Waals surface area contributed by atoms with Crippen molar-refractivity contribution in [2.75, 3.05) is 26.8 Å². The van der Waals surface area contributed by atoms with E-state index in [2.05, 4.69) is 18.7 Å². The lowest BCUT2D eigenvalue weighted by Crippen LogP contribution is -2.51. The van der Waals surface area contributed by atoms with Gasteiger partial charge in [-0.3, -0.25) is 4.90 Å². The minimum Gasteiger partial charge on any atom is -0.395 e. The predicted octanol–water partition coefficient (Wildman–Crippen LogP) is 0.687. The van der Waals surface area contributed by atoms with Gasteiger partial charge in [0.2, 0.25) is 0 Å². The van der Waals surface area contributed by atoms with Gasteiger partial charge in [0.25, 0.3) is 0 Å². The summed E-state index contributed by atoms with van der Waals surface area (Å²) < 4.78 is 5.48. The first kappa shape index (κ1) is 15.8. The van der Waals surface area contributed by atoms with Gasteiger partial charge in [0.15, 0.2) is 0 Å². The van der Waals surface area contributed by atoms with Crippen molar-refractivity contribution in [2.45, 2.75) is 45.9 Å². The molecule has 0 aliphatic carbocycles. The van der Waals surface area contributed by atoms with E-state index in [0.29, 0.717) is 12.5 Å². The van der Waals surface area contributed by atoms with Gasteiger partial charge in [-0.2, -0.15) is 0 Å².